The van der Waals surface area contributed by atoms with E-state index in [4.69, 9.17) is 11.6 Å². The van der Waals surface area contributed by atoms with Crippen LogP contribution in [0.3, 0.4) is 0 Å². The molecule has 78 valence electrons. The van der Waals surface area contributed by atoms with Crippen LogP contribution in [0.15, 0.2) is 18.3 Å². The molecule has 0 amide bonds. The number of hydrogen-bond donors (Lipinski definition) is 1. The Morgan fingerprint density at radius 1 is 1.53 bits per heavy atom. The Hall–Kier alpha value is -1.22. The smallest absolute Gasteiger partial charge is 0.157 e. The predicted octanol–water partition coefficient (Wildman–Crippen LogP) is 2.87. The van der Waals surface area contributed by atoms with E-state index >= 15 is 0 Å². The van der Waals surface area contributed by atoms with E-state index in [9.17, 15) is 0 Å². The van der Waals surface area contributed by atoms with Crippen LogP contribution in [0.4, 0.5) is 5.69 Å². The molecule has 1 saturated carbocycles. The van der Waals surface area contributed by atoms with E-state index in [0.717, 1.165) is 17.0 Å². The second kappa shape index (κ2) is 3.14. The number of pyridine rings is 1. The molecule has 4 heteroatoms. The van der Waals surface area contributed by atoms with E-state index in [1.165, 1.54) is 12.8 Å². The van der Waals surface area contributed by atoms with Crippen LogP contribution in [0.5, 0.6) is 0 Å². The van der Waals surface area contributed by atoms with Crippen LogP contribution in [-0.2, 0) is 0 Å². The number of anilines is 1. The molecule has 3 nitrogen and oxygen atoms in total. The Bertz CT molecular complexity index is 514. The van der Waals surface area contributed by atoms with E-state index in [1.807, 2.05) is 23.6 Å². The lowest BCUT2D eigenvalue weighted by atomic mass is 10.3. The first kappa shape index (κ1) is 9.04. The van der Waals surface area contributed by atoms with Gasteiger partial charge in [0.25, 0.3) is 0 Å². The molecule has 2 aromatic rings. The first-order valence-electron chi connectivity index (χ1n) is 5.15. The van der Waals surface area contributed by atoms with Gasteiger partial charge in [0.15, 0.2) is 5.15 Å². The summed E-state index contributed by atoms with van der Waals surface area (Å²) in [5.74, 6) is 0.925. The Kier molecular flexibility index (Phi) is 1.89. The second-order valence-electron chi connectivity index (χ2n) is 4.01. The zero-order chi connectivity index (χ0) is 10.4. The van der Waals surface area contributed by atoms with Gasteiger partial charge in [-0.3, -0.25) is 0 Å². The molecule has 0 aliphatic heterocycles. The summed E-state index contributed by atoms with van der Waals surface area (Å²) in [6.45, 7) is 1.96. The lowest BCUT2D eigenvalue weighted by Crippen LogP contribution is -2.02. The number of nitrogens with one attached hydrogen (secondary N) is 1. The fourth-order valence-electron chi connectivity index (χ4n) is 1.80. The zero-order valence-electron chi connectivity index (χ0n) is 8.50. The van der Waals surface area contributed by atoms with Crippen molar-refractivity contribution in [3.05, 3.63) is 29.3 Å². The molecule has 1 aliphatic rings. The third kappa shape index (κ3) is 1.47. The van der Waals surface area contributed by atoms with Gasteiger partial charge in [-0.1, -0.05) is 11.6 Å². The largest absolute Gasteiger partial charge is 0.381 e. The summed E-state index contributed by atoms with van der Waals surface area (Å²) in [5, 5.41) is 4.05. The minimum absolute atomic E-state index is 0.580. The summed E-state index contributed by atoms with van der Waals surface area (Å²) in [4.78, 5) is 4.27. The van der Waals surface area contributed by atoms with Crippen molar-refractivity contribution in [1.82, 2.24) is 9.38 Å². The average molecular weight is 222 g/mol. The molecule has 0 unspecified atom stereocenters. The molecule has 0 atom stereocenters. The van der Waals surface area contributed by atoms with E-state index in [2.05, 4.69) is 16.4 Å². The average Bonchev–Trinajstić information content (AvgIpc) is 2.96. The van der Waals surface area contributed by atoms with Gasteiger partial charge in [0, 0.05) is 12.2 Å². The molecule has 1 N–H and O–H groups in total. The maximum atomic E-state index is 6.11. The number of halogens is 1. The van der Waals surface area contributed by atoms with Gasteiger partial charge in [0.1, 0.15) is 11.3 Å². The Morgan fingerprint density at radius 3 is 3.07 bits per heavy atom. The van der Waals surface area contributed by atoms with Gasteiger partial charge in [-0.15, -0.1) is 0 Å². The van der Waals surface area contributed by atoms with Crippen molar-refractivity contribution in [2.24, 2.45) is 0 Å². The van der Waals surface area contributed by atoms with Crippen LogP contribution >= 0.6 is 11.6 Å². The van der Waals surface area contributed by atoms with Gasteiger partial charge >= 0.3 is 0 Å². The summed E-state index contributed by atoms with van der Waals surface area (Å²) in [5.41, 5.74) is 2.08. The maximum absolute atomic E-state index is 6.11. The normalized spacial score (nSPS) is 15.9. The lowest BCUT2D eigenvalue weighted by Gasteiger charge is -2.06. The van der Waals surface area contributed by atoms with E-state index in [1.54, 1.807) is 0 Å². The maximum Gasteiger partial charge on any atom is 0.157 e. The molecule has 2 aromatic heterocycles. The molecule has 1 aliphatic carbocycles. The van der Waals surface area contributed by atoms with Crippen molar-refractivity contribution in [2.75, 3.05) is 5.32 Å². The predicted molar refractivity (Wildman–Crippen MR) is 61.6 cm³/mol. The number of aromatic nitrogens is 2. The molecule has 3 rings (SSSR count). The first-order chi connectivity index (χ1) is 7.25. The Morgan fingerprint density at radius 2 is 2.33 bits per heavy atom. The number of aryl methyl sites for hydroxylation is 1. The number of hydrogen-bond acceptors (Lipinski definition) is 2. The molecule has 0 bridgehead atoms. The fraction of sp³-hybridized carbons (Fsp3) is 0.364. The summed E-state index contributed by atoms with van der Waals surface area (Å²) < 4.78 is 2.02. The van der Waals surface area contributed by atoms with Crippen molar-refractivity contribution < 1.29 is 0 Å². The molecule has 0 radical (unpaired) electrons. The van der Waals surface area contributed by atoms with Crippen LogP contribution in [0, 0.1) is 6.92 Å². The van der Waals surface area contributed by atoms with Crippen LogP contribution in [0.2, 0.25) is 5.15 Å². The van der Waals surface area contributed by atoms with Crippen molar-refractivity contribution in [3.63, 3.8) is 0 Å². The molecule has 0 saturated heterocycles. The van der Waals surface area contributed by atoms with Gasteiger partial charge in [0.05, 0.1) is 5.69 Å². The molecule has 15 heavy (non-hydrogen) atoms. The Balaban J connectivity index is 2.18. The SMILES string of the molecule is Cc1nc(Cl)c2c(NC3CC3)cccn12. The number of imidazole rings is 1. The van der Waals surface area contributed by atoms with Crippen LogP contribution in [0.1, 0.15) is 18.7 Å². The van der Waals surface area contributed by atoms with Gasteiger partial charge in [-0.2, -0.15) is 0 Å². The molecule has 0 spiro atoms. The lowest BCUT2D eigenvalue weighted by molar-refractivity contribution is 1.04. The second-order valence-corrected chi connectivity index (χ2v) is 4.37. The topological polar surface area (TPSA) is 29.3 Å². The minimum atomic E-state index is 0.580. The van der Waals surface area contributed by atoms with Gasteiger partial charge < -0.3 is 9.72 Å². The van der Waals surface area contributed by atoms with E-state index in [-0.39, 0.29) is 0 Å². The van der Waals surface area contributed by atoms with E-state index < -0.39 is 0 Å². The van der Waals surface area contributed by atoms with Gasteiger partial charge in [-0.25, -0.2) is 4.98 Å². The monoisotopic (exact) mass is 221 g/mol. The highest BCUT2D eigenvalue weighted by molar-refractivity contribution is 6.33. The molecular weight excluding hydrogens is 210 g/mol. The standard InChI is InChI=1S/C11H12ClN3/c1-7-13-11(12)10-9(14-8-4-5-8)3-2-6-15(7)10/h2-3,6,8,14H,4-5H2,1H3. The van der Waals surface area contributed by atoms with Crippen molar-refractivity contribution >= 4 is 22.8 Å². The molecule has 2 heterocycles. The van der Waals surface area contributed by atoms with Crippen molar-refractivity contribution in [2.45, 2.75) is 25.8 Å². The summed E-state index contributed by atoms with van der Waals surface area (Å²) in [6, 6.07) is 4.70. The summed E-state index contributed by atoms with van der Waals surface area (Å²) >= 11 is 6.11. The number of fused-ring (bicyclic) bond motifs is 1. The first-order valence-corrected chi connectivity index (χ1v) is 5.53. The summed E-state index contributed by atoms with van der Waals surface area (Å²) in [7, 11) is 0. The highest BCUT2D eigenvalue weighted by atomic mass is 35.5. The van der Waals surface area contributed by atoms with Gasteiger partial charge in [0.2, 0.25) is 0 Å². The highest BCUT2D eigenvalue weighted by Gasteiger charge is 2.22. The zero-order valence-corrected chi connectivity index (χ0v) is 9.25. The number of nitrogens with zero attached hydrogens (tertiary/aromatic N) is 2. The quantitative estimate of drug-likeness (QED) is 0.845. The Labute approximate surface area is 93.1 Å². The third-order valence-electron chi connectivity index (χ3n) is 2.74. The third-order valence-corrected chi connectivity index (χ3v) is 3.00. The molecule has 1 fully saturated rings. The van der Waals surface area contributed by atoms with Gasteiger partial charge in [-0.05, 0) is 31.9 Å². The van der Waals surface area contributed by atoms with Crippen molar-refractivity contribution in [1.29, 1.82) is 0 Å². The van der Waals surface area contributed by atoms with Crippen LogP contribution in [0.25, 0.3) is 5.52 Å². The number of rotatable bonds is 2. The van der Waals surface area contributed by atoms with Crippen molar-refractivity contribution in [3.8, 4) is 0 Å². The molecular formula is C11H12ClN3. The summed E-state index contributed by atoms with van der Waals surface area (Å²) in [6.07, 6.45) is 4.50. The molecule has 0 aromatic carbocycles. The van der Waals surface area contributed by atoms with Crippen LogP contribution < -0.4 is 5.32 Å². The highest BCUT2D eigenvalue weighted by Crippen LogP contribution is 2.30. The minimum Gasteiger partial charge on any atom is -0.381 e. The fourth-order valence-corrected chi connectivity index (χ4v) is 2.12. The van der Waals surface area contributed by atoms with E-state index in [0.29, 0.717) is 11.2 Å². The van der Waals surface area contributed by atoms with Crippen LogP contribution in [-0.4, -0.2) is 15.4 Å².